The maximum atomic E-state index is 5.68. The highest BCUT2D eigenvalue weighted by Crippen LogP contribution is 2.32. The van der Waals surface area contributed by atoms with E-state index in [-0.39, 0.29) is 0 Å². The number of unbranched alkanes of at least 4 members (excludes halogenated alkanes) is 1. The molecule has 0 radical (unpaired) electrons. The van der Waals surface area contributed by atoms with Crippen LogP contribution in [-0.2, 0) is 12.8 Å². The Kier molecular flexibility index (Phi) is 5.38. The number of rotatable bonds is 6. The first-order valence-corrected chi connectivity index (χ1v) is 9.40. The zero-order valence-corrected chi connectivity index (χ0v) is 15.7. The number of H-pyrrole nitrogens is 1. The molecule has 1 heterocycles. The Morgan fingerprint density at radius 3 is 2.52 bits per heavy atom. The van der Waals surface area contributed by atoms with E-state index in [9.17, 15) is 0 Å². The van der Waals surface area contributed by atoms with Crippen LogP contribution in [0, 0.1) is 3.57 Å². The molecule has 0 unspecified atom stereocenters. The molecule has 1 aromatic heterocycles. The Bertz CT molecular complexity index is 787. The first kappa shape index (κ1) is 16.5. The summed E-state index contributed by atoms with van der Waals surface area (Å²) in [5.74, 6) is 0. The van der Waals surface area contributed by atoms with E-state index in [1.807, 2.05) is 0 Å². The van der Waals surface area contributed by atoms with Crippen LogP contribution in [0.1, 0.15) is 30.9 Å². The van der Waals surface area contributed by atoms with Gasteiger partial charge in [0.15, 0.2) is 0 Å². The molecule has 0 saturated carbocycles. The molecular formula is C20H23IN2. The van der Waals surface area contributed by atoms with Crippen LogP contribution in [0.3, 0.4) is 0 Å². The SMILES string of the molecule is CCc1ccc2[nH]c(-c3ccc(I)cc3)c(CCCCN)c2c1. The van der Waals surface area contributed by atoms with Crippen LogP contribution in [0.4, 0.5) is 0 Å². The average Bonchev–Trinajstić information content (AvgIpc) is 2.93. The summed E-state index contributed by atoms with van der Waals surface area (Å²) in [4.78, 5) is 3.64. The largest absolute Gasteiger partial charge is 0.354 e. The van der Waals surface area contributed by atoms with Crippen molar-refractivity contribution in [2.24, 2.45) is 5.73 Å². The van der Waals surface area contributed by atoms with Gasteiger partial charge >= 0.3 is 0 Å². The smallest absolute Gasteiger partial charge is 0.0497 e. The minimum atomic E-state index is 0.765. The predicted molar refractivity (Wildman–Crippen MR) is 108 cm³/mol. The van der Waals surface area contributed by atoms with Gasteiger partial charge in [-0.1, -0.05) is 25.1 Å². The highest BCUT2D eigenvalue weighted by molar-refractivity contribution is 14.1. The third kappa shape index (κ3) is 3.61. The lowest BCUT2D eigenvalue weighted by atomic mass is 9.99. The van der Waals surface area contributed by atoms with E-state index in [0.29, 0.717) is 0 Å². The molecule has 120 valence electrons. The number of aromatic amines is 1. The van der Waals surface area contributed by atoms with Gasteiger partial charge in [-0.15, -0.1) is 0 Å². The van der Waals surface area contributed by atoms with Gasteiger partial charge in [0.2, 0.25) is 0 Å². The second-order valence-corrected chi connectivity index (χ2v) is 7.21. The number of fused-ring (bicyclic) bond motifs is 1. The number of nitrogens with two attached hydrogens (primary N) is 1. The molecule has 0 fully saturated rings. The van der Waals surface area contributed by atoms with Crippen molar-refractivity contribution in [3.63, 3.8) is 0 Å². The van der Waals surface area contributed by atoms with Gasteiger partial charge in [0, 0.05) is 20.2 Å². The summed E-state index contributed by atoms with van der Waals surface area (Å²) in [7, 11) is 0. The monoisotopic (exact) mass is 418 g/mol. The molecule has 0 aliphatic carbocycles. The van der Waals surface area contributed by atoms with Crippen LogP contribution >= 0.6 is 22.6 Å². The standard InChI is InChI=1S/C20H23IN2/c1-2-14-6-11-19-18(13-14)17(5-3-4-12-22)20(23-19)15-7-9-16(21)10-8-15/h6-11,13,23H,2-5,12,22H2,1H3. The number of hydrogen-bond donors (Lipinski definition) is 2. The second-order valence-electron chi connectivity index (χ2n) is 5.96. The fourth-order valence-corrected chi connectivity index (χ4v) is 3.44. The van der Waals surface area contributed by atoms with Gasteiger partial charge in [-0.25, -0.2) is 0 Å². The lowest BCUT2D eigenvalue weighted by Crippen LogP contribution is -1.99. The lowest BCUT2D eigenvalue weighted by Gasteiger charge is -2.06. The van der Waals surface area contributed by atoms with E-state index in [1.165, 1.54) is 36.9 Å². The molecule has 3 heteroatoms. The van der Waals surface area contributed by atoms with Gasteiger partial charge in [-0.05, 0) is 95.8 Å². The Morgan fingerprint density at radius 2 is 1.83 bits per heavy atom. The van der Waals surface area contributed by atoms with Crippen LogP contribution in [0.2, 0.25) is 0 Å². The molecule has 0 amide bonds. The van der Waals surface area contributed by atoms with Crippen molar-refractivity contribution >= 4 is 33.5 Å². The molecule has 0 atom stereocenters. The molecular weight excluding hydrogens is 395 g/mol. The van der Waals surface area contributed by atoms with Crippen LogP contribution < -0.4 is 5.73 Å². The number of aryl methyl sites for hydroxylation is 2. The Hall–Kier alpha value is -1.33. The van der Waals surface area contributed by atoms with Gasteiger partial charge in [-0.3, -0.25) is 0 Å². The van der Waals surface area contributed by atoms with E-state index in [4.69, 9.17) is 5.73 Å². The fraction of sp³-hybridized carbons (Fsp3) is 0.300. The van der Waals surface area contributed by atoms with Crippen LogP contribution in [-0.4, -0.2) is 11.5 Å². The zero-order chi connectivity index (χ0) is 16.2. The van der Waals surface area contributed by atoms with Crippen molar-refractivity contribution in [3.8, 4) is 11.3 Å². The maximum Gasteiger partial charge on any atom is 0.0497 e. The van der Waals surface area contributed by atoms with Crippen molar-refractivity contribution in [1.82, 2.24) is 4.98 Å². The van der Waals surface area contributed by atoms with Crippen LogP contribution in [0.25, 0.3) is 22.2 Å². The summed E-state index contributed by atoms with van der Waals surface area (Å²) in [5, 5.41) is 1.37. The molecule has 0 aliphatic heterocycles. The molecule has 23 heavy (non-hydrogen) atoms. The molecule has 0 bridgehead atoms. The number of nitrogens with one attached hydrogen (secondary N) is 1. The normalized spacial score (nSPS) is 11.3. The predicted octanol–water partition coefficient (Wildman–Crippen LogP) is 5.28. The molecule has 3 rings (SSSR count). The van der Waals surface area contributed by atoms with E-state index in [0.717, 1.165) is 32.2 Å². The van der Waals surface area contributed by atoms with Gasteiger partial charge in [-0.2, -0.15) is 0 Å². The molecule has 2 aromatic carbocycles. The Morgan fingerprint density at radius 1 is 1.04 bits per heavy atom. The minimum absolute atomic E-state index is 0.765. The molecule has 0 aliphatic rings. The van der Waals surface area contributed by atoms with Crippen molar-refractivity contribution in [1.29, 1.82) is 0 Å². The minimum Gasteiger partial charge on any atom is -0.354 e. The van der Waals surface area contributed by atoms with Gasteiger partial charge < -0.3 is 10.7 Å². The Labute approximate surface area is 151 Å². The highest BCUT2D eigenvalue weighted by Gasteiger charge is 2.13. The summed E-state index contributed by atoms with van der Waals surface area (Å²) in [6, 6.07) is 15.5. The molecule has 3 aromatic rings. The molecule has 2 nitrogen and oxygen atoms in total. The first-order valence-electron chi connectivity index (χ1n) is 8.32. The second kappa shape index (κ2) is 7.49. The molecule has 0 spiro atoms. The van der Waals surface area contributed by atoms with Crippen LogP contribution in [0.5, 0.6) is 0 Å². The quantitative estimate of drug-likeness (QED) is 0.415. The first-order chi connectivity index (χ1) is 11.2. The maximum absolute atomic E-state index is 5.68. The van der Waals surface area contributed by atoms with Crippen molar-refractivity contribution < 1.29 is 0 Å². The van der Waals surface area contributed by atoms with Gasteiger partial charge in [0.05, 0.1) is 0 Å². The van der Waals surface area contributed by atoms with E-state index >= 15 is 0 Å². The van der Waals surface area contributed by atoms with E-state index in [2.05, 4.69) is 77.0 Å². The van der Waals surface area contributed by atoms with Gasteiger partial charge in [0.25, 0.3) is 0 Å². The molecule has 0 saturated heterocycles. The summed E-state index contributed by atoms with van der Waals surface area (Å²) >= 11 is 2.35. The third-order valence-corrected chi connectivity index (χ3v) is 5.11. The highest BCUT2D eigenvalue weighted by atomic mass is 127. The van der Waals surface area contributed by atoms with E-state index < -0.39 is 0 Å². The van der Waals surface area contributed by atoms with Crippen LogP contribution in [0.15, 0.2) is 42.5 Å². The summed E-state index contributed by atoms with van der Waals surface area (Å²) in [6.45, 7) is 2.98. The number of halogens is 1. The lowest BCUT2D eigenvalue weighted by molar-refractivity contribution is 0.748. The Balaban J connectivity index is 2.10. The van der Waals surface area contributed by atoms with E-state index in [1.54, 1.807) is 0 Å². The number of benzene rings is 2. The summed E-state index contributed by atoms with van der Waals surface area (Å²) in [5.41, 5.74) is 12.3. The third-order valence-electron chi connectivity index (χ3n) is 4.39. The average molecular weight is 418 g/mol. The van der Waals surface area contributed by atoms with Crippen molar-refractivity contribution in [2.45, 2.75) is 32.6 Å². The summed E-state index contributed by atoms with van der Waals surface area (Å²) < 4.78 is 1.26. The summed E-state index contributed by atoms with van der Waals surface area (Å²) in [6.07, 6.45) is 4.36. The van der Waals surface area contributed by atoms with Crippen molar-refractivity contribution in [3.05, 3.63) is 57.2 Å². The number of aromatic nitrogens is 1. The fourth-order valence-electron chi connectivity index (χ4n) is 3.08. The zero-order valence-electron chi connectivity index (χ0n) is 13.5. The topological polar surface area (TPSA) is 41.8 Å². The van der Waals surface area contributed by atoms with Crippen molar-refractivity contribution in [2.75, 3.05) is 6.54 Å². The van der Waals surface area contributed by atoms with Gasteiger partial charge in [0.1, 0.15) is 0 Å². The number of hydrogen-bond acceptors (Lipinski definition) is 1. The molecule has 3 N–H and O–H groups in total.